The van der Waals surface area contributed by atoms with Crippen molar-refractivity contribution in [2.24, 2.45) is 5.84 Å². The van der Waals surface area contributed by atoms with Crippen LogP contribution in [0.5, 0.6) is 0 Å². The van der Waals surface area contributed by atoms with E-state index < -0.39 is 4.92 Å². The van der Waals surface area contributed by atoms with E-state index in [4.69, 9.17) is 5.84 Å². The largest absolute Gasteiger partial charge is 0.308 e. The van der Waals surface area contributed by atoms with Gasteiger partial charge in [0.05, 0.1) is 22.7 Å². The van der Waals surface area contributed by atoms with Gasteiger partial charge in [-0.1, -0.05) is 13.8 Å². The number of pyridine rings is 1. The summed E-state index contributed by atoms with van der Waals surface area (Å²) in [6.07, 6.45) is 1.71. The highest BCUT2D eigenvalue weighted by Crippen LogP contribution is 2.20. The molecule has 0 bridgehead atoms. The van der Waals surface area contributed by atoms with Crippen LogP contribution in [0.3, 0.4) is 0 Å². The lowest BCUT2D eigenvalue weighted by atomic mass is 10.1. The van der Waals surface area contributed by atoms with Crippen molar-refractivity contribution in [1.82, 2.24) is 14.8 Å². The number of anilines is 1. The van der Waals surface area contributed by atoms with E-state index in [9.17, 15) is 10.1 Å². The molecule has 0 aliphatic rings. The number of nitrogen functional groups attached to an aromatic ring is 1. The molecule has 2 aromatic rings. The Bertz CT molecular complexity index is 607. The first-order valence-corrected chi connectivity index (χ1v) is 5.70. The van der Waals surface area contributed by atoms with Gasteiger partial charge >= 0.3 is 0 Å². The lowest BCUT2D eigenvalue weighted by molar-refractivity contribution is -0.384. The van der Waals surface area contributed by atoms with Gasteiger partial charge in [0, 0.05) is 6.20 Å². The molecule has 2 aromatic heterocycles. The third-order valence-electron chi connectivity index (χ3n) is 2.59. The molecule has 100 valence electrons. The van der Waals surface area contributed by atoms with Crippen molar-refractivity contribution < 1.29 is 4.92 Å². The monoisotopic (exact) mass is 262 g/mol. The Morgan fingerprint density at radius 1 is 1.47 bits per heavy atom. The summed E-state index contributed by atoms with van der Waals surface area (Å²) in [5, 5.41) is 15.2. The lowest BCUT2D eigenvalue weighted by Crippen LogP contribution is -2.11. The maximum atomic E-state index is 10.8. The molecule has 0 atom stereocenters. The van der Waals surface area contributed by atoms with Crippen LogP contribution in [0, 0.1) is 10.1 Å². The Labute approximate surface area is 109 Å². The summed E-state index contributed by atoms with van der Waals surface area (Å²) in [4.78, 5) is 14.5. The average Bonchev–Trinajstić information content (AvgIpc) is 2.87. The molecule has 0 amide bonds. The highest BCUT2D eigenvalue weighted by atomic mass is 16.6. The Kier molecular flexibility index (Phi) is 3.43. The van der Waals surface area contributed by atoms with Crippen LogP contribution >= 0.6 is 0 Å². The van der Waals surface area contributed by atoms with Gasteiger partial charge in [-0.25, -0.2) is 15.5 Å². The van der Waals surface area contributed by atoms with Gasteiger partial charge < -0.3 is 5.43 Å². The van der Waals surface area contributed by atoms with Crippen LogP contribution in [0.1, 0.15) is 25.5 Å². The zero-order valence-corrected chi connectivity index (χ0v) is 10.6. The molecule has 19 heavy (non-hydrogen) atoms. The highest BCUT2D eigenvalue weighted by Gasteiger charge is 2.13. The molecule has 2 rings (SSSR count). The second-order valence-electron chi connectivity index (χ2n) is 4.31. The first kappa shape index (κ1) is 13.0. The number of hydrogen-bond donors (Lipinski definition) is 2. The van der Waals surface area contributed by atoms with E-state index in [0.29, 0.717) is 5.82 Å². The molecule has 2 heterocycles. The number of aromatic nitrogens is 3. The van der Waals surface area contributed by atoms with Crippen molar-refractivity contribution in [1.29, 1.82) is 0 Å². The van der Waals surface area contributed by atoms with Crippen molar-refractivity contribution in [3.8, 4) is 5.82 Å². The lowest BCUT2D eigenvalue weighted by Gasteiger charge is -2.04. The Balaban J connectivity index is 2.48. The summed E-state index contributed by atoms with van der Waals surface area (Å²) in [5.41, 5.74) is 3.09. The number of rotatable bonds is 4. The molecule has 0 unspecified atom stereocenters. The van der Waals surface area contributed by atoms with Crippen LogP contribution in [0.4, 0.5) is 11.5 Å². The van der Waals surface area contributed by atoms with Crippen LogP contribution in [0.15, 0.2) is 24.4 Å². The highest BCUT2D eigenvalue weighted by molar-refractivity contribution is 5.49. The fourth-order valence-corrected chi connectivity index (χ4v) is 1.57. The maximum Gasteiger partial charge on any atom is 0.276 e. The van der Waals surface area contributed by atoms with Gasteiger partial charge in [0.1, 0.15) is 5.82 Å². The summed E-state index contributed by atoms with van der Waals surface area (Å²) in [6, 6.07) is 4.45. The van der Waals surface area contributed by atoms with Crippen LogP contribution in [0.25, 0.3) is 5.82 Å². The SMILES string of the molecule is CC(C)c1ccn(-c2cc([N+](=O)[O-])cc(NN)n2)n1. The number of nitrogens with zero attached hydrogens (tertiary/aromatic N) is 4. The van der Waals surface area contributed by atoms with Crippen molar-refractivity contribution in [3.05, 3.63) is 40.2 Å². The van der Waals surface area contributed by atoms with Crippen molar-refractivity contribution in [2.75, 3.05) is 5.43 Å². The quantitative estimate of drug-likeness (QED) is 0.491. The number of nitrogens with two attached hydrogens (primary N) is 1. The second kappa shape index (κ2) is 5.02. The third kappa shape index (κ3) is 2.68. The van der Waals surface area contributed by atoms with Gasteiger partial charge in [-0.3, -0.25) is 10.1 Å². The standard InChI is InChI=1S/C11H14N6O2/c1-7(2)9-3-4-16(15-9)11-6-8(17(18)19)5-10(13-11)14-12/h3-7H,12H2,1-2H3,(H,13,14). The van der Waals surface area contributed by atoms with E-state index in [2.05, 4.69) is 15.5 Å². The predicted molar refractivity (Wildman–Crippen MR) is 69.9 cm³/mol. The molecule has 0 aliphatic carbocycles. The van der Waals surface area contributed by atoms with Crippen LogP contribution in [-0.4, -0.2) is 19.7 Å². The van der Waals surface area contributed by atoms with Gasteiger partial charge in [-0.15, -0.1) is 0 Å². The Hall–Kier alpha value is -2.48. The number of nitrogens with one attached hydrogen (secondary N) is 1. The Morgan fingerprint density at radius 2 is 2.21 bits per heavy atom. The summed E-state index contributed by atoms with van der Waals surface area (Å²) in [5.74, 6) is 6.08. The zero-order chi connectivity index (χ0) is 14.0. The molecule has 3 N–H and O–H groups in total. The van der Waals surface area contributed by atoms with Gasteiger partial charge in [0.2, 0.25) is 0 Å². The first-order valence-electron chi connectivity index (χ1n) is 5.70. The van der Waals surface area contributed by atoms with Gasteiger partial charge in [0.25, 0.3) is 5.69 Å². The molecular formula is C11H14N6O2. The van der Waals surface area contributed by atoms with Gasteiger partial charge in [-0.2, -0.15) is 5.10 Å². The molecule has 0 saturated heterocycles. The zero-order valence-electron chi connectivity index (χ0n) is 10.6. The number of nitro groups is 1. The third-order valence-corrected chi connectivity index (χ3v) is 2.59. The molecule has 8 heteroatoms. The van der Waals surface area contributed by atoms with E-state index in [1.165, 1.54) is 16.8 Å². The minimum atomic E-state index is -0.501. The topological polar surface area (TPSA) is 112 Å². The molecule has 0 aromatic carbocycles. The molecular weight excluding hydrogens is 248 g/mol. The number of hydrazine groups is 1. The summed E-state index contributed by atoms with van der Waals surface area (Å²) in [7, 11) is 0. The van der Waals surface area contributed by atoms with E-state index >= 15 is 0 Å². The van der Waals surface area contributed by atoms with E-state index in [1.54, 1.807) is 6.20 Å². The molecule has 0 fully saturated rings. The predicted octanol–water partition coefficient (Wildman–Crippen LogP) is 1.58. The normalized spacial score (nSPS) is 10.7. The molecule has 0 radical (unpaired) electrons. The summed E-state index contributed by atoms with van der Waals surface area (Å²) < 4.78 is 1.49. The smallest absolute Gasteiger partial charge is 0.276 e. The minimum absolute atomic E-state index is 0.0976. The van der Waals surface area contributed by atoms with Crippen molar-refractivity contribution >= 4 is 11.5 Å². The second-order valence-corrected chi connectivity index (χ2v) is 4.31. The van der Waals surface area contributed by atoms with Crippen LogP contribution in [0.2, 0.25) is 0 Å². The Morgan fingerprint density at radius 3 is 2.74 bits per heavy atom. The molecule has 0 saturated carbocycles. The summed E-state index contributed by atoms with van der Waals surface area (Å²) in [6.45, 7) is 4.03. The van der Waals surface area contributed by atoms with E-state index in [1.807, 2.05) is 19.9 Å². The molecule has 0 aliphatic heterocycles. The first-order chi connectivity index (χ1) is 9.01. The van der Waals surface area contributed by atoms with Crippen molar-refractivity contribution in [2.45, 2.75) is 19.8 Å². The maximum absolute atomic E-state index is 10.8. The van der Waals surface area contributed by atoms with E-state index in [-0.39, 0.29) is 17.4 Å². The molecule has 8 nitrogen and oxygen atoms in total. The van der Waals surface area contributed by atoms with Gasteiger partial charge in [0.15, 0.2) is 5.82 Å². The average molecular weight is 262 g/mol. The van der Waals surface area contributed by atoms with Crippen LogP contribution in [-0.2, 0) is 0 Å². The van der Waals surface area contributed by atoms with E-state index in [0.717, 1.165) is 5.69 Å². The van der Waals surface area contributed by atoms with Gasteiger partial charge in [-0.05, 0) is 12.0 Å². The summed E-state index contributed by atoms with van der Waals surface area (Å²) >= 11 is 0. The number of hydrogen-bond acceptors (Lipinski definition) is 6. The fraction of sp³-hybridized carbons (Fsp3) is 0.273. The minimum Gasteiger partial charge on any atom is -0.308 e. The van der Waals surface area contributed by atoms with Crippen LogP contribution < -0.4 is 11.3 Å². The fourth-order valence-electron chi connectivity index (χ4n) is 1.57. The molecule has 0 spiro atoms. The van der Waals surface area contributed by atoms with Crippen molar-refractivity contribution in [3.63, 3.8) is 0 Å².